The second-order valence-electron chi connectivity index (χ2n) is 3.29. The summed E-state index contributed by atoms with van der Waals surface area (Å²) in [5.41, 5.74) is 5.31. The highest BCUT2D eigenvalue weighted by molar-refractivity contribution is 5.72. The van der Waals surface area contributed by atoms with Gasteiger partial charge in [0, 0.05) is 13.1 Å². The van der Waals surface area contributed by atoms with Gasteiger partial charge in [-0.1, -0.05) is 0 Å². The maximum absolute atomic E-state index is 10.3. The Kier molecular flexibility index (Phi) is 6.48. The first kappa shape index (κ1) is 12.3. The Bertz CT molecular complexity index is 150. The molecule has 78 valence electrons. The van der Waals surface area contributed by atoms with E-state index in [2.05, 4.69) is 10.2 Å². The van der Waals surface area contributed by atoms with Crippen molar-refractivity contribution in [1.29, 1.82) is 0 Å². The average molecular weight is 189 g/mol. The number of likely N-dealkylation sites (N-methyl/N-ethyl adjacent to an activating group) is 1. The van der Waals surface area contributed by atoms with Crippen LogP contribution in [-0.4, -0.2) is 55.7 Å². The van der Waals surface area contributed by atoms with Crippen LogP contribution < -0.4 is 11.1 Å². The molecule has 0 fully saturated rings. The number of aliphatic carboxylic acids is 1. The standard InChI is InChI=1S/C8H19N3O2/c1-11(2)6-5-10-4-3-7(9)8(12)13/h7,10H,3-6,9H2,1-2H3,(H,12,13). The minimum Gasteiger partial charge on any atom is -0.480 e. The first-order chi connectivity index (χ1) is 6.04. The number of nitrogens with two attached hydrogens (primary N) is 1. The molecule has 0 bridgehead atoms. The number of hydrogen-bond acceptors (Lipinski definition) is 4. The van der Waals surface area contributed by atoms with Crippen LogP contribution in [0.4, 0.5) is 0 Å². The molecule has 1 atom stereocenters. The Labute approximate surface area is 78.9 Å². The summed E-state index contributed by atoms with van der Waals surface area (Å²) in [4.78, 5) is 12.4. The van der Waals surface area contributed by atoms with E-state index in [4.69, 9.17) is 10.8 Å². The number of carboxylic acid groups (broad SMARTS) is 1. The van der Waals surface area contributed by atoms with E-state index in [1.807, 2.05) is 14.1 Å². The van der Waals surface area contributed by atoms with E-state index in [0.29, 0.717) is 13.0 Å². The monoisotopic (exact) mass is 189 g/mol. The van der Waals surface area contributed by atoms with Gasteiger partial charge in [-0.05, 0) is 27.1 Å². The largest absolute Gasteiger partial charge is 0.480 e. The van der Waals surface area contributed by atoms with Crippen LogP contribution in [-0.2, 0) is 4.79 Å². The second kappa shape index (κ2) is 6.82. The average Bonchev–Trinajstić information content (AvgIpc) is 2.02. The molecule has 5 heteroatoms. The third kappa shape index (κ3) is 7.70. The van der Waals surface area contributed by atoms with Crippen molar-refractivity contribution < 1.29 is 9.90 Å². The Morgan fingerprint density at radius 3 is 2.62 bits per heavy atom. The second-order valence-corrected chi connectivity index (χ2v) is 3.29. The number of carbonyl (C=O) groups is 1. The Balaban J connectivity index is 3.21. The highest BCUT2D eigenvalue weighted by Gasteiger charge is 2.09. The molecular formula is C8H19N3O2. The Morgan fingerprint density at radius 2 is 2.15 bits per heavy atom. The molecule has 1 unspecified atom stereocenters. The number of nitrogens with one attached hydrogen (secondary N) is 1. The zero-order valence-electron chi connectivity index (χ0n) is 8.29. The van der Waals surface area contributed by atoms with Crippen LogP contribution in [0.3, 0.4) is 0 Å². The molecule has 0 spiro atoms. The van der Waals surface area contributed by atoms with Crippen molar-refractivity contribution in [3.63, 3.8) is 0 Å². The van der Waals surface area contributed by atoms with Crippen molar-refractivity contribution >= 4 is 5.97 Å². The van der Waals surface area contributed by atoms with E-state index in [1.54, 1.807) is 0 Å². The van der Waals surface area contributed by atoms with Crippen LogP contribution >= 0.6 is 0 Å². The van der Waals surface area contributed by atoms with E-state index in [0.717, 1.165) is 13.1 Å². The number of nitrogens with zero attached hydrogens (tertiary/aromatic N) is 1. The molecule has 0 amide bonds. The van der Waals surface area contributed by atoms with Gasteiger partial charge in [0.1, 0.15) is 6.04 Å². The van der Waals surface area contributed by atoms with E-state index in [1.165, 1.54) is 0 Å². The molecule has 5 nitrogen and oxygen atoms in total. The van der Waals surface area contributed by atoms with E-state index in [-0.39, 0.29) is 0 Å². The molecule has 0 saturated carbocycles. The van der Waals surface area contributed by atoms with Gasteiger partial charge >= 0.3 is 5.97 Å². The summed E-state index contributed by atoms with van der Waals surface area (Å²) in [6.07, 6.45) is 0.475. The molecule has 0 aliphatic rings. The third-order valence-electron chi connectivity index (χ3n) is 1.69. The molecule has 0 aromatic carbocycles. The van der Waals surface area contributed by atoms with Crippen LogP contribution in [0.2, 0.25) is 0 Å². The molecule has 4 N–H and O–H groups in total. The molecule has 0 rings (SSSR count). The van der Waals surface area contributed by atoms with E-state index < -0.39 is 12.0 Å². The molecule has 0 radical (unpaired) electrons. The van der Waals surface area contributed by atoms with Crippen molar-refractivity contribution in [2.45, 2.75) is 12.5 Å². The van der Waals surface area contributed by atoms with Crippen molar-refractivity contribution in [3.8, 4) is 0 Å². The zero-order valence-corrected chi connectivity index (χ0v) is 8.29. The lowest BCUT2D eigenvalue weighted by atomic mass is 10.2. The summed E-state index contributed by atoms with van der Waals surface area (Å²) in [7, 11) is 3.98. The number of carboxylic acids is 1. The van der Waals surface area contributed by atoms with Crippen LogP contribution in [0.5, 0.6) is 0 Å². The smallest absolute Gasteiger partial charge is 0.320 e. The van der Waals surface area contributed by atoms with Gasteiger partial charge in [0.25, 0.3) is 0 Å². The number of rotatable bonds is 7. The fourth-order valence-electron chi connectivity index (χ4n) is 0.809. The van der Waals surface area contributed by atoms with Crippen LogP contribution in [0.15, 0.2) is 0 Å². The van der Waals surface area contributed by atoms with Gasteiger partial charge in [0.05, 0.1) is 0 Å². The van der Waals surface area contributed by atoms with Crippen molar-refractivity contribution in [1.82, 2.24) is 10.2 Å². The fraction of sp³-hybridized carbons (Fsp3) is 0.875. The summed E-state index contributed by atoms with van der Waals surface area (Å²) in [5, 5.41) is 11.6. The molecule has 0 aromatic rings. The molecule has 0 aromatic heterocycles. The van der Waals surface area contributed by atoms with Gasteiger partial charge < -0.3 is 21.1 Å². The van der Waals surface area contributed by atoms with Gasteiger partial charge in [-0.2, -0.15) is 0 Å². The van der Waals surface area contributed by atoms with Gasteiger partial charge in [0.2, 0.25) is 0 Å². The minimum absolute atomic E-state index is 0.475. The molecule has 13 heavy (non-hydrogen) atoms. The van der Waals surface area contributed by atoms with Crippen molar-refractivity contribution in [2.75, 3.05) is 33.7 Å². The minimum atomic E-state index is -0.936. The maximum Gasteiger partial charge on any atom is 0.320 e. The SMILES string of the molecule is CN(C)CCNCCC(N)C(=O)O. The molecule has 0 heterocycles. The summed E-state index contributed by atoms with van der Waals surface area (Å²) in [6.45, 7) is 2.46. The van der Waals surface area contributed by atoms with Gasteiger partial charge in [-0.25, -0.2) is 0 Å². The Hall–Kier alpha value is -0.650. The Morgan fingerprint density at radius 1 is 1.54 bits per heavy atom. The first-order valence-corrected chi connectivity index (χ1v) is 4.38. The molecule has 0 saturated heterocycles. The maximum atomic E-state index is 10.3. The van der Waals surface area contributed by atoms with E-state index in [9.17, 15) is 4.79 Å². The zero-order chi connectivity index (χ0) is 10.3. The molecule has 0 aliphatic carbocycles. The lowest BCUT2D eigenvalue weighted by Crippen LogP contribution is -2.35. The lowest BCUT2D eigenvalue weighted by Gasteiger charge is -2.11. The summed E-state index contributed by atoms with van der Waals surface area (Å²) < 4.78 is 0. The molecule has 0 aliphatic heterocycles. The first-order valence-electron chi connectivity index (χ1n) is 4.38. The van der Waals surface area contributed by atoms with Crippen molar-refractivity contribution in [2.24, 2.45) is 5.73 Å². The van der Waals surface area contributed by atoms with E-state index >= 15 is 0 Å². The predicted octanol–water partition coefficient (Wildman–Crippen LogP) is -1.06. The quantitative estimate of drug-likeness (QED) is 0.445. The third-order valence-corrected chi connectivity index (χ3v) is 1.69. The summed E-state index contributed by atoms with van der Waals surface area (Å²) >= 11 is 0. The van der Waals surface area contributed by atoms with Gasteiger partial charge in [-0.15, -0.1) is 0 Å². The van der Waals surface area contributed by atoms with Crippen LogP contribution in [0.25, 0.3) is 0 Å². The predicted molar refractivity (Wildman–Crippen MR) is 51.7 cm³/mol. The summed E-state index contributed by atoms with van der Waals surface area (Å²) in [5.74, 6) is -0.936. The van der Waals surface area contributed by atoms with Crippen molar-refractivity contribution in [3.05, 3.63) is 0 Å². The fourth-order valence-corrected chi connectivity index (χ4v) is 0.809. The summed E-state index contributed by atoms with van der Waals surface area (Å²) in [6, 6.07) is -0.744. The van der Waals surface area contributed by atoms with Gasteiger partial charge in [0.15, 0.2) is 0 Å². The van der Waals surface area contributed by atoms with Crippen LogP contribution in [0.1, 0.15) is 6.42 Å². The van der Waals surface area contributed by atoms with Crippen LogP contribution in [0, 0.1) is 0 Å². The van der Waals surface area contributed by atoms with Gasteiger partial charge in [-0.3, -0.25) is 4.79 Å². The lowest BCUT2D eigenvalue weighted by molar-refractivity contribution is -0.138. The highest BCUT2D eigenvalue weighted by Crippen LogP contribution is 1.85. The topological polar surface area (TPSA) is 78.6 Å². The normalized spacial score (nSPS) is 13.2. The highest BCUT2D eigenvalue weighted by atomic mass is 16.4. The number of hydrogen-bond donors (Lipinski definition) is 3. The molecular weight excluding hydrogens is 170 g/mol.